The maximum absolute atomic E-state index is 2.62. The molecule has 0 aromatic heterocycles. The first-order valence-electron chi connectivity index (χ1n) is 21.1. The number of para-hydroxylation sites is 3. The molecule has 57 heavy (non-hydrogen) atoms. The molecule has 0 amide bonds. The molecule has 6 aromatic rings. The van der Waals surface area contributed by atoms with Gasteiger partial charge in [0.1, 0.15) is 8.07 Å². The summed E-state index contributed by atoms with van der Waals surface area (Å²) in [6.07, 6.45) is 22.6. The highest BCUT2D eigenvalue weighted by molar-refractivity contribution is 7.05. The molecule has 0 N–H and O–H groups in total. The van der Waals surface area contributed by atoms with Crippen molar-refractivity contribution in [3.05, 3.63) is 215 Å². The smallest absolute Gasteiger partial charge is 0.123 e. The molecule has 2 spiro atoms. The maximum atomic E-state index is 2.62. The van der Waals surface area contributed by atoms with Gasteiger partial charge in [-0.2, -0.15) is 0 Å². The summed E-state index contributed by atoms with van der Waals surface area (Å²) in [5, 5.41) is 3.25. The van der Waals surface area contributed by atoms with Gasteiger partial charge in [-0.3, -0.25) is 0 Å². The average Bonchev–Trinajstić information content (AvgIpc) is 3.99. The van der Waals surface area contributed by atoms with E-state index >= 15 is 0 Å². The lowest BCUT2D eigenvalue weighted by molar-refractivity contribution is 0.342. The second kappa shape index (κ2) is 12.8. The number of nitrogens with zero attached hydrogens (tertiary/aromatic N) is 2. The first-order valence-corrected chi connectivity index (χ1v) is 23.5. The Labute approximate surface area is 337 Å². The Kier molecular flexibility index (Phi) is 7.47. The SMILES string of the molecule is C1=CN(C2=CC3C(C=C2)c2ccc(/C=C/c4ccc(N5c6ccccc6[Si]6(CCCC6)c6ccccc65)cc4)cc2C32Cc3ccccc3C2)c2ccccc2C1. The number of benzene rings is 6. The van der Waals surface area contributed by atoms with Crippen molar-refractivity contribution in [1.29, 1.82) is 0 Å². The summed E-state index contributed by atoms with van der Waals surface area (Å²) in [5.41, 5.74) is 16.6. The standard InChI is InChI=1S/C54H46N2Si/c1-2-14-42-37-54(36-41(42)13-1)47-34-39(25-29-45(47)46-30-28-44(35-48(46)54)55-31-11-15-40-12-3-4-16-49(40)55)22-21-38-23-26-43(27-24-38)56-50-17-5-7-19-52(50)57(32-9-10-33-57)53-20-8-6-18-51(53)56/h1-8,11-14,16-31,34-35,46,48H,9-10,15,32-33,36-37H2/b22-21+. The molecule has 3 heteroatoms. The van der Waals surface area contributed by atoms with E-state index in [0.717, 1.165) is 19.3 Å². The monoisotopic (exact) mass is 750 g/mol. The molecule has 12 rings (SSSR count). The van der Waals surface area contributed by atoms with Crippen molar-refractivity contribution in [3.8, 4) is 0 Å². The van der Waals surface area contributed by atoms with E-state index in [-0.39, 0.29) is 5.41 Å². The fraction of sp³-hybridized carbons (Fsp3) is 0.185. The van der Waals surface area contributed by atoms with E-state index in [2.05, 4.69) is 192 Å². The predicted molar refractivity (Wildman–Crippen MR) is 241 cm³/mol. The van der Waals surface area contributed by atoms with Gasteiger partial charge in [0.05, 0.1) is 0 Å². The fourth-order valence-corrected chi connectivity index (χ4v) is 17.5. The average molecular weight is 751 g/mol. The third kappa shape index (κ3) is 5.01. The van der Waals surface area contributed by atoms with Gasteiger partial charge in [-0.05, 0) is 123 Å². The second-order valence-corrected chi connectivity index (χ2v) is 21.5. The van der Waals surface area contributed by atoms with Gasteiger partial charge >= 0.3 is 0 Å². The van der Waals surface area contributed by atoms with E-state index in [4.69, 9.17) is 0 Å². The summed E-state index contributed by atoms with van der Waals surface area (Å²) in [4.78, 5) is 4.95. The summed E-state index contributed by atoms with van der Waals surface area (Å²) in [6, 6.07) is 56.0. The topological polar surface area (TPSA) is 6.48 Å². The van der Waals surface area contributed by atoms with Crippen molar-refractivity contribution in [1.82, 2.24) is 0 Å². The Morgan fingerprint density at radius 1 is 0.614 bits per heavy atom. The van der Waals surface area contributed by atoms with Crippen LogP contribution in [0, 0.1) is 5.92 Å². The van der Waals surface area contributed by atoms with Crippen LogP contribution in [0.5, 0.6) is 0 Å². The highest BCUT2D eigenvalue weighted by atomic mass is 28.3. The summed E-state index contributed by atoms with van der Waals surface area (Å²) >= 11 is 0. The van der Waals surface area contributed by atoms with E-state index in [1.165, 1.54) is 92.3 Å². The summed E-state index contributed by atoms with van der Waals surface area (Å²) in [6.45, 7) is 0. The molecule has 0 saturated carbocycles. The molecule has 3 aliphatic heterocycles. The summed E-state index contributed by atoms with van der Waals surface area (Å²) < 4.78 is 0. The molecule has 1 fully saturated rings. The lowest BCUT2D eigenvalue weighted by Crippen LogP contribution is -2.60. The van der Waals surface area contributed by atoms with Crippen molar-refractivity contribution in [2.24, 2.45) is 5.92 Å². The Bertz CT molecular complexity index is 2630. The Balaban J connectivity index is 0.876. The van der Waals surface area contributed by atoms with Crippen molar-refractivity contribution in [2.75, 3.05) is 9.80 Å². The van der Waals surface area contributed by atoms with Gasteiger partial charge in [0.15, 0.2) is 0 Å². The third-order valence-electron chi connectivity index (χ3n) is 14.5. The largest absolute Gasteiger partial charge is 0.318 e. The van der Waals surface area contributed by atoms with Crippen LogP contribution in [0.2, 0.25) is 12.1 Å². The van der Waals surface area contributed by atoms with Gasteiger partial charge in [0, 0.05) is 46.0 Å². The molecule has 0 radical (unpaired) electrons. The van der Waals surface area contributed by atoms with Crippen LogP contribution in [-0.2, 0) is 24.7 Å². The van der Waals surface area contributed by atoms with Crippen LogP contribution in [0.25, 0.3) is 12.2 Å². The number of anilines is 4. The highest BCUT2D eigenvalue weighted by Gasteiger charge is 2.54. The Morgan fingerprint density at radius 3 is 1.95 bits per heavy atom. The zero-order valence-electron chi connectivity index (χ0n) is 32.3. The lowest BCUT2D eigenvalue weighted by atomic mass is 9.69. The molecular formula is C54H46N2Si. The molecule has 6 aliphatic rings. The van der Waals surface area contributed by atoms with Crippen LogP contribution in [0.15, 0.2) is 176 Å². The van der Waals surface area contributed by atoms with Gasteiger partial charge in [-0.1, -0.05) is 152 Å². The number of allylic oxidation sites excluding steroid dienone is 4. The minimum atomic E-state index is -1.73. The van der Waals surface area contributed by atoms with Crippen LogP contribution in [0.4, 0.5) is 22.7 Å². The van der Waals surface area contributed by atoms with E-state index in [1.807, 2.05) is 0 Å². The van der Waals surface area contributed by atoms with Crippen molar-refractivity contribution < 1.29 is 0 Å². The summed E-state index contributed by atoms with van der Waals surface area (Å²) in [5.74, 6) is 0.773. The third-order valence-corrected chi connectivity index (χ3v) is 19.8. The van der Waals surface area contributed by atoms with Crippen molar-refractivity contribution in [3.63, 3.8) is 0 Å². The van der Waals surface area contributed by atoms with Crippen LogP contribution in [0.1, 0.15) is 57.7 Å². The Morgan fingerprint density at radius 2 is 1.23 bits per heavy atom. The minimum Gasteiger partial charge on any atom is -0.318 e. The van der Waals surface area contributed by atoms with Crippen LogP contribution in [-0.4, -0.2) is 8.07 Å². The van der Waals surface area contributed by atoms with Crippen LogP contribution in [0.3, 0.4) is 0 Å². The molecular weight excluding hydrogens is 705 g/mol. The molecule has 3 aliphatic carbocycles. The molecule has 2 unspecified atom stereocenters. The van der Waals surface area contributed by atoms with E-state index in [9.17, 15) is 0 Å². The van der Waals surface area contributed by atoms with Crippen molar-refractivity contribution in [2.45, 2.75) is 55.5 Å². The van der Waals surface area contributed by atoms with Gasteiger partial charge < -0.3 is 9.80 Å². The molecule has 276 valence electrons. The lowest BCUT2D eigenvalue weighted by Gasteiger charge is -2.42. The van der Waals surface area contributed by atoms with E-state index in [1.54, 1.807) is 10.4 Å². The molecule has 0 bridgehead atoms. The Hall–Kier alpha value is -5.90. The second-order valence-electron chi connectivity index (χ2n) is 17.3. The van der Waals surface area contributed by atoms with Gasteiger partial charge in [0.2, 0.25) is 0 Å². The summed E-state index contributed by atoms with van der Waals surface area (Å²) in [7, 11) is -1.73. The van der Waals surface area contributed by atoms with E-state index < -0.39 is 8.07 Å². The zero-order valence-corrected chi connectivity index (χ0v) is 33.3. The molecule has 3 heterocycles. The normalized spacial score (nSPS) is 21.3. The fourth-order valence-electron chi connectivity index (χ4n) is 11.9. The molecule has 2 nitrogen and oxygen atoms in total. The quantitative estimate of drug-likeness (QED) is 0.131. The van der Waals surface area contributed by atoms with Gasteiger partial charge in [-0.15, -0.1) is 0 Å². The van der Waals surface area contributed by atoms with Crippen LogP contribution < -0.4 is 20.2 Å². The number of hydrogen-bond donors (Lipinski definition) is 0. The molecule has 1 saturated heterocycles. The van der Waals surface area contributed by atoms with Gasteiger partial charge in [-0.25, -0.2) is 0 Å². The number of rotatable bonds is 4. The minimum absolute atomic E-state index is 0.0329. The van der Waals surface area contributed by atoms with Crippen LogP contribution >= 0.6 is 0 Å². The van der Waals surface area contributed by atoms with E-state index in [0.29, 0.717) is 11.8 Å². The highest BCUT2D eigenvalue weighted by Crippen LogP contribution is 2.59. The predicted octanol–water partition coefficient (Wildman–Crippen LogP) is 11.8. The van der Waals surface area contributed by atoms with Crippen molar-refractivity contribution >= 4 is 53.3 Å². The zero-order chi connectivity index (χ0) is 37.6. The first kappa shape index (κ1) is 33.3. The molecule has 2 atom stereocenters. The molecule has 6 aromatic carbocycles. The number of fused-ring (bicyclic) bond motifs is 11. The number of hydrogen-bond acceptors (Lipinski definition) is 2. The van der Waals surface area contributed by atoms with Gasteiger partial charge in [0.25, 0.3) is 0 Å². The first-order chi connectivity index (χ1) is 28.2. The maximum Gasteiger partial charge on any atom is 0.123 e.